The molecule has 0 aromatic rings. The predicted molar refractivity (Wildman–Crippen MR) is 78.1 cm³/mol. The lowest BCUT2D eigenvalue weighted by Crippen LogP contribution is -2.46. The van der Waals surface area contributed by atoms with E-state index >= 15 is 0 Å². The lowest BCUT2D eigenvalue weighted by atomic mass is 10.1. The van der Waals surface area contributed by atoms with Gasteiger partial charge in [-0.3, -0.25) is 9.69 Å². The van der Waals surface area contributed by atoms with E-state index in [1.807, 2.05) is 7.05 Å². The number of nitrogens with zero attached hydrogens (tertiary/aromatic N) is 2. The lowest BCUT2D eigenvalue weighted by Gasteiger charge is -2.29. The summed E-state index contributed by atoms with van der Waals surface area (Å²) in [6, 6.07) is 0.0694. The zero-order chi connectivity index (χ0) is 13.7. The van der Waals surface area contributed by atoms with Gasteiger partial charge in [-0.15, -0.1) is 0 Å². The van der Waals surface area contributed by atoms with Crippen LogP contribution in [0.5, 0.6) is 0 Å². The standard InChI is InChI=1S/C15H29N3O/c1-13(18-10-7-14(12-18)11-16-2)15(19)17-8-5-3-4-6-9-17/h13-14,16H,3-12H2,1-2H3. The van der Waals surface area contributed by atoms with Crippen LogP contribution in [0.3, 0.4) is 0 Å². The quantitative estimate of drug-likeness (QED) is 0.834. The van der Waals surface area contributed by atoms with E-state index in [1.165, 1.54) is 32.1 Å². The van der Waals surface area contributed by atoms with Gasteiger partial charge < -0.3 is 10.2 Å². The summed E-state index contributed by atoms with van der Waals surface area (Å²) < 4.78 is 0. The summed E-state index contributed by atoms with van der Waals surface area (Å²) >= 11 is 0. The van der Waals surface area contributed by atoms with Crippen LogP contribution < -0.4 is 5.32 Å². The predicted octanol–water partition coefficient (Wildman–Crippen LogP) is 1.32. The molecule has 2 aliphatic rings. The highest BCUT2D eigenvalue weighted by Crippen LogP contribution is 2.20. The van der Waals surface area contributed by atoms with E-state index in [0.29, 0.717) is 11.8 Å². The van der Waals surface area contributed by atoms with Crippen molar-refractivity contribution in [2.24, 2.45) is 5.92 Å². The number of carbonyl (C=O) groups excluding carboxylic acids is 1. The van der Waals surface area contributed by atoms with Crippen molar-refractivity contribution in [3.8, 4) is 0 Å². The summed E-state index contributed by atoms with van der Waals surface area (Å²) in [5, 5.41) is 3.25. The average Bonchev–Trinajstić information content (AvgIpc) is 2.72. The number of rotatable bonds is 4. The number of amides is 1. The van der Waals surface area contributed by atoms with Gasteiger partial charge in [-0.05, 0) is 52.2 Å². The minimum Gasteiger partial charge on any atom is -0.341 e. The largest absolute Gasteiger partial charge is 0.341 e. The van der Waals surface area contributed by atoms with E-state index in [-0.39, 0.29) is 6.04 Å². The smallest absolute Gasteiger partial charge is 0.239 e. The van der Waals surface area contributed by atoms with Gasteiger partial charge >= 0.3 is 0 Å². The molecule has 0 aliphatic carbocycles. The Morgan fingerprint density at radius 2 is 1.89 bits per heavy atom. The van der Waals surface area contributed by atoms with Crippen molar-refractivity contribution in [3.05, 3.63) is 0 Å². The van der Waals surface area contributed by atoms with E-state index in [4.69, 9.17) is 0 Å². The van der Waals surface area contributed by atoms with E-state index in [0.717, 1.165) is 32.7 Å². The molecule has 0 radical (unpaired) electrons. The van der Waals surface area contributed by atoms with Gasteiger partial charge in [0, 0.05) is 19.6 Å². The molecule has 19 heavy (non-hydrogen) atoms. The SMILES string of the molecule is CNCC1CCN(C(C)C(=O)N2CCCCCC2)C1. The van der Waals surface area contributed by atoms with Crippen molar-refractivity contribution >= 4 is 5.91 Å². The fourth-order valence-electron chi connectivity index (χ4n) is 3.38. The van der Waals surface area contributed by atoms with E-state index in [1.54, 1.807) is 0 Å². The van der Waals surface area contributed by atoms with E-state index in [9.17, 15) is 4.79 Å². The summed E-state index contributed by atoms with van der Waals surface area (Å²) in [5.41, 5.74) is 0. The van der Waals surface area contributed by atoms with Gasteiger partial charge in [0.1, 0.15) is 0 Å². The second-order valence-electron chi connectivity index (χ2n) is 6.12. The third-order valence-corrected chi connectivity index (χ3v) is 4.63. The molecule has 4 heteroatoms. The summed E-state index contributed by atoms with van der Waals surface area (Å²) in [5.74, 6) is 1.07. The second-order valence-corrected chi connectivity index (χ2v) is 6.12. The number of hydrogen-bond donors (Lipinski definition) is 1. The normalized spacial score (nSPS) is 27.3. The fraction of sp³-hybridized carbons (Fsp3) is 0.933. The Labute approximate surface area is 117 Å². The van der Waals surface area contributed by atoms with Crippen molar-refractivity contribution in [2.75, 3.05) is 39.8 Å². The first-order valence-electron chi connectivity index (χ1n) is 7.90. The fourth-order valence-corrected chi connectivity index (χ4v) is 3.38. The lowest BCUT2D eigenvalue weighted by molar-refractivity contribution is -0.136. The molecule has 4 nitrogen and oxygen atoms in total. The van der Waals surface area contributed by atoms with Gasteiger partial charge in [0.05, 0.1) is 6.04 Å². The topological polar surface area (TPSA) is 35.6 Å². The highest BCUT2D eigenvalue weighted by Gasteiger charge is 2.31. The molecular formula is C15H29N3O. The van der Waals surface area contributed by atoms with Crippen LogP contribution in [0.2, 0.25) is 0 Å². The second kappa shape index (κ2) is 7.25. The molecule has 110 valence electrons. The highest BCUT2D eigenvalue weighted by atomic mass is 16.2. The van der Waals surface area contributed by atoms with Gasteiger partial charge in [-0.25, -0.2) is 0 Å². The summed E-state index contributed by atoms with van der Waals surface area (Å²) in [4.78, 5) is 17.0. The molecular weight excluding hydrogens is 238 g/mol. The third kappa shape index (κ3) is 3.93. The van der Waals surface area contributed by atoms with Gasteiger partial charge in [-0.1, -0.05) is 12.8 Å². The van der Waals surface area contributed by atoms with Gasteiger partial charge in [0.2, 0.25) is 5.91 Å². The van der Waals surface area contributed by atoms with Crippen LogP contribution in [0.4, 0.5) is 0 Å². The van der Waals surface area contributed by atoms with E-state index in [2.05, 4.69) is 22.0 Å². The molecule has 1 N–H and O–H groups in total. The maximum Gasteiger partial charge on any atom is 0.239 e. The maximum atomic E-state index is 12.6. The first-order valence-corrected chi connectivity index (χ1v) is 7.90. The Balaban J connectivity index is 1.84. The molecule has 2 saturated heterocycles. The zero-order valence-electron chi connectivity index (χ0n) is 12.5. The first-order chi connectivity index (χ1) is 9.22. The summed E-state index contributed by atoms with van der Waals surface area (Å²) in [6.07, 6.45) is 6.15. The molecule has 2 fully saturated rings. The Bertz CT molecular complexity index is 287. The summed E-state index contributed by atoms with van der Waals surface area (Å²) in [7, 11) is 2.01. The first kappa shape index (κ1) is 14.8. The van der Waals surface area contributed by atoms with Crippen LogP contribution in [-0.4, -0.2) is 61.5 Å². The van der Waals surface area contributed by atoms with Crippen LogP contribution in [0, 0.1) is 5.92 Å². The Morgan fingerprint density at radius 3 is 2.53 bits per heavy atom. The number of carbonyl (C=O) groups is 1. The molecule has 1 amide bonds. The maximum absolute atomic E-state index is 12.6. The molecule has 2 unspecified atom stereocenters. The molecule has 0 aromatic carbocycles. The van der Waals surface area contributed by atoms with Gasteiger partial charge in [0.15, 0.2) is 0 Å². The summed E-state index contributed by atoms with van der Waals surface area (Å²) in [6.45, 7) is 7.25. The van der Waals surface area contributed by atoms with Crippen molar-refractivity contribution in [3.63, 3.8) is 0 Å². The number of nitrogens with one attached hydrogen (secondary N) is 1. The van der Waals surface area contributed by atoms with Crippen LogP contribution in [0.25, 0.3) is 0 Å². The average molecular weight is 267 g/mol. The number of hydrogen-bond acceptors (Lipinski definition) is 3. The molecule has 2 rings (SSSR count). The molecule has 2 aliphatic heterocycles. The van der Waals surface area contributed by atoms with Gasteiger partial charge in [-0.2, -0.15) is 0 Å². The molecule has 0 bridgehead atoms. The van der Waals surface area contributed by atoms with Crippen LogP contribution in [-0.2, 0) is 4.79 Å². The minimum atomic E-state index is 0.0694. The molecule has 2 heterocycles. The third-order valence-electron chi connectivity index (χ3n) is 4.63. The monoisotopic (exact) mass is 267 g/mol. The Hall–Kier alpha value is -0.610. The van der Waals surface area contributed by atoms with Crippen molar-refractivity contribution in [1.82, 2.24) is 15.1 Å². The molecule has 0 saturated carbocycles. The molecule has 2 atom stereocenters. The van der Waals surface area contributed by atoms with Gasteiger partial charge in [0.25, 0.3) is 0 Å². The minimum absolute atomic E-state index is 0.0694. The zero-order valence-corrected chi connectivity index (χ0v) is 12.5. The van der Waals surface area contributed by atoms with Crippen LogP contribution in [0.15, 0.2) is 0 Å². The molecule has 0 aromatic heterocycles. The van der Waals surface area contributed by atoms with Crippen LogP contribution in [0.1, 0.15) is 39.0 Å². The van der Waals surface area contributed by atoms with Crippen molar-refractivity contribution in [1.29, 1.82) is 0 Å². The molecule has 0 spiro atoms. The number of likely N-dealkylation sites (tertiary alicyclic amines) is 2. The van der Waals surface area contributed by atoms with Crippen molar-refractivity contribution < 1.29 is 4.79 Å². The highest BCUT2D eigenvalue weighted by molar-refractivity contribution is 5.81. The Morgan fingerprint density at radius 1 is 1.21 bits per heavy atom. The Kier molecular flexibility index (Phi) is 5.64. The van der Waals surface area contributed by atoms with Crippen LogP contribution >= 0.6 is 0 Å². The van der Waals surface area contributed by atoms with Crippen molar-refractivity contribution in [2.45, 2.75) is 45.1 Å². The van der Waals surface area contributed by atoms with E-state index < -0.39 is 0 Å².